The van der Waals surface area contributed by atoms with Crippen LogP contribution in [0.2, 0.25) is 0 Å². The lowest BCUT2D eigenvalue weighted by atomic mass is 10.0. The quantitative estimate of drug-likeness (QED) is 0.317. The molecule has 0 bridgehead atoms. The maximum atomic E-state index is 15.9. The van der Waals surface area contributed by atoms with Gasteiger partial charge in [-0.3, -0.25) is 14.5 Å². The van der Waals surface area contributed by atoms with Gasteiger partial charge in [-0.25, -0.2) is 14.4 Å². The van der Waals surface area contributed by atoms with Gasteiger partial charge in [-0.15, -0.1) is 0 Å². The third-order valence-electron chi connectivity index (χ3n) is 8.15. The van der Waals surface area contributed by atoms with Crippen molar-refractivity contribution in [1.29, 1.82) is 0 Å². The number of carbonyl (C=O) groups excluding carboxylic acids is 1. The second-order valence-corrected chi connectivity index (χ2v) is 11.0. The number of halogens is 4. The van der Waals surface area contributed by atoms with Gasteiger partial charge in [0.15, 0.2) is 0 Å². The van der Waals surface area contributed by atoms with Crippen LogP contribution in [0.15, 0.2) is 41.6 Å². The number of aromatic amines is 1. The average molecular weight is 650 g/mol. The number of anilines is 3. The molecular weight excluding hydrogens is 614 g/mol. The Labute approximate surface area is 262 Å². The van der Waals surface area contributed by atoms with Gasteiger partial charge in [0.2, 0.25) is 11.5 Å². The number of benzene rings is 1. The molecule has 2 fully saturated rings. The number of hydrogen-bond donors (Lipinski definition) is 2. The van der Waals surface area contributed by atoms with E-state index in [1.807, 2.05) is 16.8 Å². The molecule has 0 radical (unpaired) electrons. The fourth-order valence-electron chi connectivity index (χ4n) is 5.63. The minimum absolute atomic E-state index is 0.0290. The molecule has 0 unspecified atom stereocenters. The number of likely N-dealkylation sites (N-methyl/N-ethyl adjacent to an activating group) is 1. The molecule has 2 N–H and O–H groups in total. The van der Waals surface area contributed by atoms with Crippen LogP contribution in [0.1, 0.15) is 15.9 Å². The number of amides is 1. The first kappa shape index (κ1) is 33.2. The number of carbonyl (C=O) groups is 1. The Balaban J connectivity index is 1.53. The summed E-state index contributed by atoms with van der Waals surface area (Å²) in [6, 6.07) is 2.76. The van der Waals surface area contributed by atoms with Gasteiger partial charge in [-0.05, 0) is 19.2 Å². The normalized spacial score (nSPS) is 18.8. The molecule has 248 valence electrons. The minimum Gasteiger partial charge on any atom is -0.383 e. The molecule has 0 saturated carbocycles. The molecule has 1 aromatic carbocycles. The summed E-state index contributed by atoms with van der Waals surface area (Å²) in [6.07, 6.45) is -1.67. The molecule has 12 nitrogen and oxygen atoms in total. The van der Waals surface area contributed by atoms with Gasteiger partial charge in [0.05, 0.1) is 54.5 Å². The summed E-state index contributed by atoms with van der Waals surface area (Å²) in [6.45, 7) is 4.00. The highest BCUT2D eigenvalue weighted by Crippen LogP contribution is 2.38. The van der Waals surface area contributed by atoms with E-state index in [1.165, 1.54) is 24.5 Å². The number of aromatic nitrogens is 3. The Morgan fingerprint density at radius 1 is 1.13 bits per heavy atom. The number of methoxy groups -OCH3 is 2. The predicted octanol–water partition coefficient (Wildman–Crippen LogP) is 2.86. The Morgan fingerprint density at radius 3 is 2.50 bits per heavy atom. The van der Waals surface area contributed by atoms with E-state index in [4.69, 9.17) is 14.2 Å². The molecule has 3 aromatic rings. The van der Waals surface area contributed by atoms with Crippen LogP contribution in [0.25, 0.3) is 11.1 Å². The van der Waals surface area contributed by atoms with Crippen molar-refractivity contribution < 1.29 is 36.6 Å². The summed E-state index contributed by atoms with van der Waals surface area (Å²) >= 11 is 0. The van der Waals surface area contributed by atoms with Gasteiger partial charge in [0.1, 0.15) is 5.82 Å². The van der Waals surface area contributed by atoms with E-state index in [2.05, 4.69) is 20.3 Å². The highest BCUT2D eigenvalue weighted by molar-refractivity contribution is 6.07. The van der Waals surface area contributed by atoms with Crippen molar-refractivity contribution in [3.05, 3.63) is 64.1 Å². The Kier molecular flexibility index (Phi) is 10.2. The highest BCUT2D eigenvalue weighted by atomic mass is 19.4. The first-order chi connectivity index (χ1) is 22.0. The molecule has 4 heterocycles. The van der Waals surface area contributed by atoms with E-state index in [1.54, 1.807) is 19.1 Å². The fraction of sp³-hybridized carbons (Fsp3) is 0.467. The summed E-state index contributed by atoms with van der Waals surface area (Å²) in [7, 11) is 5.06. The van der Waals surface area contributed by atoms with E-state index in [-0.39, 0.29) is 29.1 Å². The molecule has 2 saturated heterocycles. The summed E-state index contributed by atoms with van der Waals surface area (Å²) in [4.78, 5) is 41.8. The molecule has 0 aliphatic carbocycles. The van der Waals surface area contributed by atoms with Crippen LogP contribution in [0, 0.1) is 5.82 Å². The molecular formula is C30H35F4N7O5. The minimum atomic E-state index is -4.97. The zero-order valence-corrected chi connectivity index (χ0v) is 25.6. The lowest BCUT2D eigenvalue weighted by molar-refractivity contribution is -0.138. The monoisotopic (exact) mass is 649 g/mol. The lowest BCUT2D eigenvalue weighted by Crippen LogP contribution is -2.43. The van der Waals surface area contributed by atoms with Crippen molar-refractivity contribution in [3.8, 4) is 11.1 Å². The third-order valence-corrected chi connectivity index (χ3v) is 8.15. The number of nitrogens with zero attached hydrogens (tertiary/aromatic N) is 5. The number of pyridine rings is 1. The highest BCUT2D eigenvalue weighted by Gasteiger charge is 2.38. The molecule has 16 heteroatoms. The number of ether oxygens (including phenoxy) is 3. The number of H-pyrrole nitrogens is 1. The standard InChI is InChI=1S/C30H35F4N7O5/c1-39(4-7-44-2)25-16-41(17-26(25)45-3)24-12-22(31)19(18-13-36-29(37-14-18)40-5-8-46-9-6-40)10-23(24)38-28(43)20-15-35-27(42)11-21(20)30(32,33)34/h10-15,25-26H,4-9,16-17H2,1-3H3,(H,35,42)(H,38,43)/t25-,26-/m0/s1. The summed E-state index contributed by atoms with van der Waals surface area (Å²) in [5.74, 6) is -1.35. The molecule has 1 amide bonds. The van der Waals surface area contributed by atoms with Gasteiger partial charge < -0.3 is 34.3 Å². The molecule has 0 spiro atoms. The van der Waals surface area contributed by atoms with E-state index < -0.39 is 34.6 Å². The maximum absolute atomic E-state index is 15.9. The lowest BCUT2D eigenvalue weighted by Gasteiger charge is -2.28. The number of rotatable bonds is 10. The second kappa shape index (κ2) is 14.1. The SMILES string of the molecule is COCCN(C)[C@H]1CN(c2cc(F)c(-c3cnc(N4CCOCC4)nc3)cc2NC(=O)c2c[nH]c(=O)cc2C(F)(F)F)C[C@@H]1OC. The molecule has 2 aliphatic heterocycles. The van der Waals surface area contributed by atoms with Crippen LogP contribution in [-0.4, -0.2) is 112 Å². The summed E-state index contributed by atoms with van der Waals surface area (Å²) < 4.78 is 73.6. The first-order valence-electron chi connectivity index (χ1n) is 14.6. The largest absolute Gasteiger partial charge is 0.417 e. The van der Waals surface area contributed by atoms with Crippen molar-refractivity contribution in [1.82, 2.24) is 19.9 Å². The molecule has 2 aromatic heterocycles. The van der Waals surface area contributed by atoms with Gasteiger partial charge >= 0.3 is 6.18 Å². The third kappa shape index (κ3) is 7.30. The van der Waals surface area contributed by atoms with E-state index in [0.29, 0.717) is 76.3 Å². The average Bonchev–Trinajstić information content (AvgIpc) is 3.49. The summed E-state index contributed by atoms with van der Waals surface area (Å²) in [5.41, 5.74) is -2.59. The van der Waals surface area contributed by atoms with Crippen molar-refractivity contribution in [2.24, 2.45) is 0 Å². The first-order valence-corrected chi connectivity index (χ1v) is 14.6. The molecule has 2 atom stereocenters. The Morgan fingerprint density at radius 2 is 1.85 bits per heavy atom. The van der Waals surface area contributed by atoms with Gasteiger partial charge in [0, 0.05) is 82.7 Å². The molecule has 46 heavy (non-hydrogen) atoms. The van der Waals surface area contributed by atoms with Gasteiger partial charge in [-0.1, -0.05) is 0 Å². The second-order valence-electron chi connectivity index (χ2n) is 11.0. The fourth-order valence-corrected chi connectivity index (χ4v) is 5.63. The number of alkyl halides is 3. The smallest absolute Gasteiger partial charge is 0.383 e. The number of hydrogen-bond acceptors (Lipinski definition) is 10. The van der Waals surface area contributed by atoms with E-state index in [9.17, 15) is 22.8 Å². The predicted molar refractivity (Wildman–Crippen MR) is 162 cm³/mol. The van der Waals surface area contributed by atoms with Crippen molar-refractivity contribution in [3.63, 3.8) is 0 Å². The van der Waals surface area contributed by atoms with Crippen LogP contribution in [0.3, 0.4) is 0 Å². The van der Waals surface area contributed by atoms with Crippen LogP contribution in [0.5, 0.6) is 0 Å². The zero-order chi connectivity index (χ0) is 33.0. The van der Waals surface area contributed by atoms with Crippen molar-refractivity contribution in [2.75, 3.05) is 88.9 Å². The van der Waals surface area contributed by atoms with Crippen LogP contribution in [0.4, 0.5) is 34.9 Å². The van der Waals surface area contributed by atoms with Gasteiger partial charge in [-0.2, -0.15) is 13.2 Å². The van der Waals surface area contributed by atoms with Gasteiger partial charge in [0.25, 0.3) is 5.91 Å². The Bertz CT molecular complexity index is 1580. The van der Waals surface area contributed by atoms with E-state index >= 15 is 4.39 Å². The van der Waals surface area contributed by atoms with Crippen molar-refractivity contribution in [2.45, 2.75) is 18.3 Å². The number of nitrogens with one attached hydrogen (secondary N) is 2. The van der Waals surface area contributed by atoms with E-state index in [0.717, 1.165) is 0 Å². The van der Waals surface area contributed by atoms with Crippen LogP contribution < -0.4 is 20.7 Å². The topological polar surface area (TPSA) is 125 Å². The summed E-state index contributed by atoms with van der Waals surface area (Å²) in [5, 5.41) is 2.54. The number of morpholine rings is 1. The maximum Gasteiger partial charge on any atom is 0.417 e. The molecule has 5 rings (SSSR count). The molecule has 2 aliphatic rings. The van der Waals surface area contributed by atoms with Crippen LogP contribution >= 0.6 is 0 Å². The zero-order valence-electron chi connectivity index (χ0n) is 25.6. The van der Waals surface area contributed by atoms with Crippen molar-refractivity contribution >= 4 is 23.2 Å². The Hall–Kier alpha value is -4.12. The van der Waals surface area contributed by atoms with Crippen LogP contribution in [-0.2, 0) is 20.4 Å².